The Morgan fingerprint density at radius 3 is 2.95 bits per heavy atom. The minimum absolute atomic E-state index is 0.262. The molecule has 1 N–H and O–H groups in total. The molecular formula is C17H12BrNO3. The summed E-state index contributed by atoms with van der Waals surface area (Å²) in [6.45, 7) is 0.699. The summed E-state index contributed by atoms with van der Waals surface area (Å²) in [4.78, 5) is 12.3. The second-order valence-electron chi connectivity index (χ2n) is 5.14. The molecule has 5 heteroatoms. The fourth-order valence-electron chi connectivity index (χ4n) is 2.59. The van der Waals surface area contributed by atoms with Gasteiger partial charge < -0.3 is 14.5 Å². The van der Waals surface area contributed by atoms with Gasteiger partial charge in [-0.15, -0.1) is 0 Å². The van der Waals surface area contributed by atoms with Crippen molar-refractivity contribution in [2.24, 2.45) is 0 Å². The number of fused-ring (bicyclic) bond motifs is 2. The number of benzene rings is 2. The van der Waals surface area contributed by atoms with Gasteiger partial charge in [0.25, 0.3) is 5.91 Å². The SMILES string of the molecule is O=C(Nc1ccc2c(c1)CCO2)c1cc2c(Br)cccc2o1. The minimum Gasteiger partial charge on any atom is -0.493 e. The Labute approximate surface area is 135 Å². The van der Waals surface area contributed by atoms with E-state index >= 15 is 0 Å². The lowest BCUT2D eigenvalue weighted by Gasteiger charge is -2.05. The van der Waals surface area contributed by atoms with Crippen LogP contribution in [-0.2, 0) is 6.42 Å². The molecule has 3 aromatic rings. The fraction of sp³-hybridized carbons (Fsp3) is 0.118. The average Bonchev–Trinajstić information content (AvgIpc) is 3.13. The van der Waals surface area contributed by atoms with Gasteiger partial charge in [0.1, 0.15) is 11.3 Å². The molecule has 0 aliphatic carbocycles. The summed E-state index contributed by atoms with van der Waals surface area (Å²) in [5, 5.41) is 3.75. The van der Waals surface area contributed by atoms with Crippen LogP contribution in [-0.4, -0.2) is 12.5 Å². The van der Waals surface area contributed by atoms with Crippen molar-refractivity contribution in [3.05, 3.63) is 58.3 Å². The fourth-order valence-corrected chi connectivity index (χ4v) is 3.06. The van der Waals surface area contributed by atoms with Crippen LogP contribution in [0.25, 0.3) is 11.0 Å². The van der Waals surface area contributed by atoms with Crippen LogP contribution in [0, 0.1) is 0 Å². The average molecular weight is 358 g/mol. The smallest absolute Gasteiger partial charge is 0.291 e. The molecule has 0 saturated heterocycles. The van der Waals surface area contributed by atoms with Crippen LogP contribution in [0.4, 0.5) is 5.69 Å². The zero-order valence-electron chi connectivity index (χ0n) is 11.6. The molecule has 4 nitrogen and oxygen atoms in total. The number of hydrogen-bond donors (Lipinski definition) is 1. The van der Waals surface area contributed by atoms with Crippen molar-refractivity contribution in [3.63, 3.8) is 0 Å². The third-order valence-electron chi connectivity index (χ3n) is 3.68. The molecule has 4 rings (SSSR count). The first-order chi connectivity index (χ1) is 10.7. The van der Waals surface area contributed by atoms with Gasteiger partial charge in [0, 0.05) is 22.0 Å². The topological polar surface area (TPSA) is 51.5 Å². The monoisotopic (exact) mass is 357 g/mol. The standard InChI is InChI=1S/C17H12BrNO3/c18-13-2-1-3-15-12(13)9-16(22-15)17(20)19-11-4-5-14-10(8-11)6-7-21-14/h1-5,8-9H,6-7H2,(H,19,20). The van der Waals surface area contributed by atoms with Crippen LogP contribution in [0.1, 0.15) is 16.1 Å². The molecule has 2 heterocycles. The van der Waals surface area contributed by atoms with Crippen LogP contribution in [0.15, 0.2) is 51.4 Å². The number of nitrogens with one attached hydrogen (secondary N) is 1. The Hall–Kier alpha value is -2.27. The predicted molar refractivity (Wildman–Crippen MR) is 87.5 cm³/mol. The van der Waals surface area contributed by atoms with E-state index in [4.69, 9.17) is 9.15 Å². The van der Waals surface area contributed by atoms with E-state index in [2.05, 4.69) is 21.2 Å². The van der Waals surface area contributed by atoms with E-state index in [-0.39, 0.29) is 5.91 Å². The molecular weight excluding hydrogens is 346 g/mol. The summed E-state index contributed by atoms with van der Waals surface area (Å²) in [6, 6.07) is 13.0. The van der Waals surface area contributed by atoms with Crippen molar-refractivity contribution in [3.8, 4) is 5.75 Å². The molecule has 0 saturated carbocycles. The van der Waals surface area contributed by atoms with Crippen molar-refractivity contribution >= 4 is 38.5 Å². The number of halogens is 1. The third-order valence-corrected chi connectivity index (χ3v) is 4.37. The summed E-state index contributed by atoms with van der Waals surface area (Å²) in [5.74, 6) is 0.922. The first kappa shape index (κ1) is 13.4. The van der Waals surface area contributed by atoms with Gasteiger partial charge in [0.2, 0.25) is 0 Å². The highest BCUT2D eigenvalue weighted by molar-refractivity contribution is 9.10. The highest BCUT2D eigenvalue weighted by Crippen LogP contribution is 2.29. The van der Waals surface area contributed by atoms with E-state index in [0.29, 0.717) is 18.0 Å². The van der Waals surface area contributed by atoms with Crippen LogP contribution in [0.3, 0.4) is 0 Å². The van der Waals surface area contributed by atoms with Crippen molar-refractivity contribution in [2.45, 2.75) is 6.42 Å². The molecule has 0 radical (unpaired) electrons. The maximum absolute atomic E-state index is 12.3. The minimum atomic E-state index is -0.262. The zero-order chi connectivity index (χ0) is 15.1. The Balaban J connectivity index is 1.62. The number of carbonyl (C=O) groups excluding carboxylic acids is 1. The van der Waals surface area contributed by atoms with Gasteiger partial charge in [0.15, 0.2) is 5.76 Å². The number of carbonyl (C=O) groups is 1. The van der Waals surface area contributed by atoms with Gasteiger partial charge in [0.05, 0.1) is 6.61 Å². The highest BCUT2D eigenvalue weighted by atomic mass is 79.9. The van der Waals surface area contributed by atoms with Crippen molar-refractivity contribution in [1.29, 1.82) is 0 Å². The molecule has 22 heavy (non-hydrogen) atoms. The number of furan rings is 1. The first-order valence-electron chi connectivity index (χ1n) is 6.96. The van der Waals surface area contributed by atoms with Gasteiger partial charge in [-0.05, 0) is 42.0 Å². The summed E-state index contributed by atoms with van der Waals surface area (Å²) in [5.41, 5.74) is 2.54. The molecule has 0 fully saturated rings. The second kappa shape index (κ2) is 5.18. The summed E-state index contributed by atoms with van der Waals surface area (Å²) >= 11 is 3.45. The highest BCUT2D eigenvalue weighted by Gasteiger charge is 2.16. The van der Waals surface area contributed by atoms with Gasteiger partial charge in [-0.25, -0.2) is 0 Å². The molecule has 0 bridgehead atoms. The molecule has 110 valence electrons. The lowest BCUT2D eigenvalue weighted by atomic mass is 10.1. The lowest BCUT2D eigenvalue weighted by Crippen LogP contribution is -2.10. The van der Waals surface area contributed by atoms with Crippen LogP contribution >= 0.6 is 15.9 Å². The van der Waals surface area contributed by atoms with E-state index in [1.807, 2.05) is 36.4 Å². The number of anilines is 1. The predicted octanol–water partition coefficient (Wildman–Crippen LogP) is 4.38. The second-order valence-corrected chi connectivity index (χ2v) is 5.99. The number of amides is 1. The summed E-state index contributed by atoms with van der Waals surface area (Å²) < 4.78 is 12.0. The van der Waals surface area contributed by atoms with Crippen molar-refractivity contribution in [1.82, 2.24) is 0 Å². The lowest BCUT2D eigenvalue weighted by molar-refractivity contribution is 0.0998. The number of hydrogen-bond acceptors (Lipinski definition) is 3. The molecule has 1 aliphatic rings. The maximum Gasteiger partial charge on any atom is 0.291 e. The van der Waals surface area contributed by atoms with E-state index in [9.17, 15) is 4.79 Å². The van der Waals surface area contributed by atoms with E-state index in [1.165, 1.54) is 0 Å². The van der Waals surface area contributed by atoms with Crippen LogP contribution < -0.4 is 10.1 Å². The van der Waals surface area contributed by atoms with Crippen molar-refractivity contribution in [2.75, 3.05) is 11.9 Å². The largest absolute Gasteiger partial charge is 0.493 e. The van der Waals surface area contributed by atoms with Crippen molar-refractivity contribution < 1.29 is 13.9 Å². The quantitative estimate of drug-likeness (QED) is 0.740. The van der Waals surface area contributed by atoms with Gasteiger partial charge in [-0.1, -0.05) is 22.0 Å². The maximum atomic E-state index is 12.3. The number of rotatable bonds is 2. The van der Waals surface area contributed by atoms with Gasteiger partial charge in [-0.3, -0.25) is 4.79 Å². The van der Waals surface area contributed by atoms with E-state index < -0.39 is 0 Å². The Bertz CT molecular complexity index is 885. The molecule has 1 aromatic heterocycles. The van der Waals surface area contributed by atoms with Gasteiger partial charge in [-0.2, -0.15) is 0 Å². The Kier molecular flexibility index (Phi) is 3.15. The zero-order valence-corrected chi connectivity index (χ0v) is 13.1. The summed E-state index contributed by atoms with van der Waals surface area (Å²) in [6.07, 6.45) is 0.872. The summed E-state index contributed by atoms with van der Waals surface area (Å²) in [7, 11) is 0. The van der Waals surface area contributed by atoms with Gasteiger partial charge >= 0.3 is 0 Å². The molecule has 1 amide bonds. The Morgan fingerprint density at radius 2 is 2.09 bits per heavy atom. The van der Waals surface area contributed by atoms with E-state index in [0.717, 1.165) is 33.3 Å². The molecule has 2 aromatic carbocycles. The molecule has 0 spiro atoms. The van der Waals surface area contributed by atoms with E-state index in [1.54, 1.807) is 6.07 Å². The number of ether oxygens (including phenoxy) is 1. The van der Waals surface area contributed by atoms with Crippen LogP contribution in [0.5, 0.6) is 5.75 Å². The Morgan fingerprint density at radius 1 is 1.18 bits per heavy atom. The molecule has 1 aliphatic heterocycles. The van der Waals surface area contributed by atoms with Crippen LogP contribution in [0.2, 0.25) is 0 Å². The molecule has 0 atom stereocenters. The molecule has 0 unspecified atom stereocenters. The third kappa shape index (κ3) is 2.27. The normalized spacial score (nSPS) is 13.0. The first-order valence-corrected chi connectivity index (χ1v) is 7.75.